The van der Waals surface area contributed by atoms with Crippen LogP contribution in [0.25, 0.3) is 0 Å². The number of carbonyl (C=O) groups excluding carboxylic acids is 1. The SMILES string of the molecule is CCc1ccc(C(C)(C)C(=O)NC2CCC(N)CC2)cc1.Cl. The fourth-order valence-electron chi connectivity index (χ4n) is 2.92. The smallest absolute Gasteiger partial charge is 0.230 e. The van der Waals surface area contributed by atoms with Gasteiger partial charge in [0.2, 0.25) is 5.91 Å². The Morgan fingerprint density at radius 2 is 1.73 bits per heavy atom. The van der Waals surface area contributed by atoms with Crippen LogP contribution >= 0.6 is 12.4 Å². The molecule has 0 bridgehead atoms. The molecule has 1 fully saturated rings. The van der Waals surface area contributed by atoms with Crippen molar-refractivity contribution in [3.63, 3.8) is 0 Å². The van der Waals surface area contributed by atoms with E-state index in [1.54, 1.807) is 0 Å². The predicted octanol–water partition coefficient (Wildman–Crippen LogP) is 3.33. The summed E-state index contributed by atoms with van der Waals surface area (Å²) in [4.78, 5) is 12.6. The van der Waals surface area contributed by atoms with Crippen LogP contribution in [0.15, 0.2) is 24.3 Å². The quantitative estimate of drug-likeness (QED) is 0.892. The lowest BCUT2D eigenvalue weighted by Gasteiger charge is -2.31. The summed E-state index contributed by atoms with van der Waals surface area (Å²) in [6.07, 6.45) is 5.04. The molecule has 0 aromatic heterocycles. The Morgan fingerprint density at radius 3 is 2.23 bits per heavy atom. The number of benzene rings is 1. The Hall–Kier alpha value is -1.06. The van der Waals surface area contributed by atoms with E-state index in [0.717, 1.165) is 37.7 Å². The lowest BCUT2D eigenvalue weighted by atomic mass is 9.82. The summed E-state index contributed by atoms with van der Waals surface area (Å²) in [5.74, 6) is 0.118. The van der Waals surface area contributed by atoms with Crippen LogP contribution in [0.3, 0.4) is 0 Å². The summed E-state index contributed by atoms with van der Waals surface area (Å²) < 4.78 is 0. The van der Waals surface area contributed by atoms with Crippen LogP contribution < -0.4 is 11.1 Å². The lowest BCUT2D eigenvalue weighted by Crippen LogP contribution is -2.47. The van der Waals surface area contributed by atoms with Gasteiger partial charge in [-0.15, -0.1) is 12.4 Å². The van der Waals surface area contributed by atoms with E-state index >= 15 is 0 Å². The summed E-state index contributed by atoms with van der Waals surface area (Å²) in [6, 6.07) is 8.98. The van der Waals surface area contributed by atoms with E-state index in [2.05, 4.69) is 36.5 Å². The van der Waals surface area contributed by atoms with Crippen LogP contribution in [0, 0.1) is 0 Å². The highest BCUT2D eigenvalue weighted by Crippen LogP contribution is 2.25. The summed E-state index contributed by atoms with van der Waals surface area (Å²) in [6.45, 7) is 6.14. The molecule has 0 aliphatic heterocycles. The molecule has 3 nitrogen and oxygen atoms in total. The van der Waals surface area contributed by atoms with E-state index < -0.39 is 5.41 Å². The number of hydrogen-bond acceptors (Lipinski definition) is 2. The molecule has 1 saturated carbocycles. The van der Waals surface area contributed by atoms with Gasteiger partial charge in [-0.1, -0.05) is 31.2 Å². The van der Waals surface area contributed by atoms with E-state index in [4.69, 9.17) is 5.73 Å². The Labute approximate surface area is 140 Å². The first-order valence-electron chi connectivity index (χ1n) is 8.09. The molecule has 0 spiro atoms. The monoisotopic (exact) mass is 324 g/mol. The van der Waals surface area contributed by atoms with E-state index in [1.165, 1.54) is 5.56 Å². The maximum atomic E-state index is 12.6. The Morgan fingerprint density at radius 1 is 1.18 bits per heavy atom. The number of nitrogens with one attached hydrogen (secondary N) is 1. The van der Waals surface area contributed by atoms with Crippen molar-refractivity contribution in [1.82, 2.24) is 5.32 Å². The second-order valence-electron chi connectivity index (χ2n) is 6.76. The van der Waals surface area contributed by atoms with Gasteiger partial charge in [0.05, 0.1) is 5.41 Å². The number of rotatable bonds is 4. The zero-order chi connectivity index (χ0) is 15.5. The number of carbonyl (C=O) groups is 1. The second kappa shape index (κ2) is 7.98. The van der Waals surface area contributed by atoms with Gasteiger partial charge in [-0.2, -0.15) is 0 Å². The zero-order valence-corrected chi connectivity index (χ0v) is 14.7. The molecule has 22 heavy (non-hydrogen) atoms. The average molecular weight is 325 g/mol. The van der Waals surface area contributed by atoms with Gasteiger partial charge < -0.3 is 11.1 Å². The molecule has 124 valence electrons. The molecule has 1 amide bonds. The van der Waals surface area contributed by atoms with Crippen molar-refractivity contribution in [3.05, 3.63) is 35.4 Å². The highest BCUT2D eigenvalue weighted by atomic mass is 35.5. The molecule has 1 aliphatic rings. The molecule has 0 radical (unpaired) electrons. The summed E-state index contributed by atoms with van der Waals surface area (Å²) >= 11 is 0. The molecule has 1 aliphatic carbocycles. The van der Waals surface area contributed by atoms with Crippen LogP contribution in [0.4, 0.5) is 0 Å². The van der Waals surface area contributed by atoms with Crippen molar-refractivity contribution in [3.8, 4) is 0 Å². The third-order valence-corrected chi connectivity index (χ3v) is 4.76. The predicted molar refractivity (Wildman–Crippen MR) is 94.5 cm³/mol. The zero-order valence-electron chi connectivity index (χ0n) is 13.9. The molecule has 3 N–H and O–H groups in total. The minimum Gasteiger partial charge on any atom is -0.353 e. The number of aryl methyl sites for hydroxylation is 1. The highest BCUT2D eigenvalue weighted by Gasteiger charge is 2.32. The summed E-state index contributed by atoms with van der Waals surface area (Å²) in [7, 11) is 0. The number of hydrogen-bond donors (Lipinski definition) is 2. The van der Waals surface area contributed by atoms with Crippen molar-refractivity contribution in [2.24, 2.45) is 5.73 Å². The second-order valence-corrected chi connectivity index (χ2v) is 6.76. The van der Waals surface area contributed by atoms with Crippen molar-refractivity contribution >= 4 is 18.3 Å². The van der Waals surface area contributed by atoms with Gasteiger partial charge in [0, 0.05) is 12.1 Å². The van der Waals surface area contributed by atoms with E-state index in [0.29, 0.717) is 6.04 Å². The third-order valence-electron chi connectivity index (χ3n) is 4.76. The minimum absolute atomic E-state index is 0. The molecule has 1 aromatic carbocycles. The van der Waals surface area contributed by atoms with Crippen LogP contribution in [-0.4, -0.2) is 18.0 Å². The molecule has 2 rings (SSSR count). The molecule has 4 heteroatoms. The van der Waals surface area contributed by atoms with Gasteiger partial charge in [0.25, 0.3) is 0 Å². The molecule has 0 heterocycles. The third kappa shape index (κ3) is 4.47. The van der Waals surface area contributed by atoms with Crippen molar-refractivity contribution in [2.45, 2.75) is 70.4 Å². The average Bonchev–Trinajstić information content (AvgIpc) is 2.49. The summed E-state index contributed by atoms with van der Waals surface area (Å²) in [5, 5.41) is 3.21. The Kier molecular flexibility index (Phi) is 6.89. The Balaban J connectivity index is 0.00000242. The summed E-state index contributed by atoms with van der Waals surface area (Å²) in [5.41, 5.74) is 7.80. The minimum atomic E-state index is -0.494. The van der Waals surface area contributed by atoms with Gasteiger partial charge in [-0.05, 0) is 57.1 Å². The molecular formula is C18H29ClN2O. The largest absolute Gasteiger partial charge is 0.353 e. The van der Waals surface area contributed by atoms with Gasteiger partial charge in [0.1, 0.15) is 0 Å². The van der Waals surface area contributed by atoms with Gasteiger partial charge >= 0.3 is 0 Å². The molecule has 0 atom stereocenters. The number of nitrogens with two attached hydrogens (primary N) is 1. The van der Waals surface area contributed by atoms with Crippen LogP contribution in [0.1, 0.15) is 57.6 Å². The van der Waals surface area contributed by atoms with Gasteiger partial charge in [-0.25, -0.2) is 0 Å². The van der Waals surface area contributed by atoms with Crippen LogP contribution in [-0.2, 0) is 16.6 Å². The maximum absolute atomic E-state index is 12.6. The Bertz CT molecular complexity index is 476. The van der Waals surface area contributed by atoms with Crippen molar-refractivity contribution in [1.29, 1.82) is 0 Å². The van der Waals surface area contributed by atoms with E-state index in [1.807, 2.05) is 13.8 Å². The lowest BCUT2D eigenvalue weighted by molar-refractivity contribution is -0.126. The fourth-order valence-corrected chi connectivity index (χ4v) is 2.92. The molecular weight excluding hydrogens is 296 g/mol. The molecule has 1 aromatic rings. The molecule has 0 saturated heterocycles. The first-order valence-corrected chi connectivity index (χ1v) is 8.09. The van der Waals surface area contributed by atoms with E-state index in [9.17, 15) is 4.79 Å². The van der Waals surface area contributed by atoms with Crippen LogP contribution in [0.2, 0.25) is 0 Å². The first kappa shape index (κ1) is 19.0. The number of halogens is 1. The highest BCUT2D eigenvalue weighted by molar-refractivity contribution is 5.87. The van der Waals surface area contributed by atoms with Crippen molar-refractivity contribution in [2.75, 3.05) is 0 Å². The number of amides is 1. The normalized spacial score (nSPS) is 21.8. The van der Waals surface area contributed by atoms with E-state index in [-0.39, 0.29) is 24.4 Å². The fraction of sp³-hybridized carbons (Fsp3) is 0.611. The topological polar surface area (TPSA) is 55.1 Å². The van der Waals surface area contributed by atoms with Crippen molar-refractivity contribution < 1.29 is 4.79 Å². The standard InChI is InChI=1S/C18H28N2O.ClH/c1-4-13-5-7-14(8-6-13)18(2,3)17(21)20-16-11-9-15(19)10-12-16;/h5-8,15-16H,4,9-12,19H2,1-3H3,(H,20,21);1H. The van der Waals surface area contributed by atoms with Crippen LogP contribution in [0.5, 0.6) is 0 Å². The van der Waals surface area contributed by atoms with Gasteiger partial charge in [0.15, 0.2) is 0 Å². The maximum Gasteiger partial charge on any atom is 0.230 e. The van der Waals surface area contributed by atoms with Gasteiger partial charge in [-0.3, -0.25) is 4.79 Å². The molecule has 0 unspecified atom stereocenters. The first-order chi connectivity index (χ1) is 9.93.